The van der Waals surface area contributed by atoms with Gasteiger partial charge < -0.3 is 9.64 Å². The minimum Gasteiger partial charge on any atom is -0.497 e. The van der Waals surface area contributed by atoms with Crippen LogP contribution in [0.3, 0.4) is 0 Å². The second-order valence-corrected chi connectivity index (χ2v) is 7.21. The summed E-state index contributed by atoms with van der Waals surface area (Å²) in [6.07, 6.45) is 5.46. The Bertz CT molecular complexity index is 698. The summed E-state index contributed by atoms with van der Waals surface area (Å²) >= 11 is 0. The molecule has 0 bridgehead atoms. The lowest BCUT2D eigenvalue weighted by Crippen LogP contribution is -2.30. The predicted octanol–water partition coefficient (Wildman–Crippen LogP) is 4.84. The molecule has 120 valence electrons. The van der Waals surface area contributed by atoms with Gasteiger partial charge in [-0.15, -0.1) is 0 Å². The van der Waals surface area contributed by atoms with E-state index in [9.17, 15) is 0 Å². The zero-order chi connectivity index (χ0) is 15.9. The number of hydrogen-bond acceptors (Lipinski definition) is 2. The van der Waals surface area contributed by atoms with Crippen LogP contribution in [0.25, 0.3) is 0 Å². The van der Waals surface area contributed by atoms with Crippen LogP contribution < -0.4 is 9.64 Å². The average Bonchev–Trinajstić information content (AvgIpc) is 3.15. The van der Waals surface area contributed by atoms with Crippen molar-refractivity contribution >= 4 is 5.69 Å². The number of anilines is 1. The van der Waals surface area contributed by atoms with Crippen LogP contribution in [-0.4, -0.2) is 13.7 Å². The van der Waals surface area contributed by atoms with Gasteiger partial charge in [-0.2, -0.15) is 0 Å². The molecular weight excluding hydrogens is 282 g/mol. The Kier molecular flexibility index (Phi) is 3.56. The van der Waals surface area contributed by atoms with Gasteiger partial charge in [-0.25, -0.2) is 0 Å². The number of rotatable bonds is 3. The van der Waals surface area contributed by atoms with Crippen molar-refractivity contribution in [1.29, 1.82) is 0 Å². The molecule has 0 radical (unpaired) electrons. The Morgan fingerprint density at radius 1 is 1.04 bits per heavy atom. The summed E-state index contributed by atoms with van der Waals surface area (Å²) in [5, 5.41) is 0. The molecule has 1 aliphatic carbocycles. The van der Waals surface area contributed by atoms with E-state index in [-0.39, 0.29) is 0 Å². The molecule has 1 fully saturated rings. The minimum atomic E-state index is 0.412. The molecule has 1 saturated carbocycles. The smallest absolute Gasteiger partial charge is 0.118 e. The highest BCUT2D eigenvalue weighted by molar-refractivity contribution is 5.64. The van der Waals surface area contributed by atoms with Gasteiger partial charge in [0.2, 0.25) is 0 Å². The third-order valence-electron chi connectivity index (χ3n) is 5.65. The van der Waals surface area contributed by atoms with Gasteiger partial charge in [-0.1, -0.05) is 37.1 Å². The van der Waals surface area contributed by atoms with E-state index < -0.39 is 0 Å². The molecule has 2 aromatic rings. The molecule has 2 nitrogen and oxygen atoms in total. The second-order valence-electron chi connectivity index (χ2n) is 7.21. The van der Waals surface area contributed by atoms with Gasteiger partial charge in [0.05, 0.1) is 7.11 Å². The summed E-state index contributed by atoms with van der Waals surface area (Å²) in [6, 6.07) is 15.6. The third-order valence-corrected chi connectivity index (χ3v) is 5.65. The van der Waals surface area contributed by atoms with Crippen LogP contribution in [0, 0.1) is 6.92 Å². The first-order valence-electron chi connectivity index (χ1n) is 8.69. The molecule has 2 heteroatoms. The normalized spacial score (nSPS) is 18.4. The minimum absolute atomic E-state index is 0.412. The van der Waals surface area contributed by atoms with E-state index >= 15 is 0 Å². The summed E-state index contributed by atoms with van der Waals surface area (Å²) in [4.78, 5) is 2.59. The van der Waals surface area contributed by atoms with Gasteiger partial charge in [-0.3, -0.25) is 0 Å². The van der Waals surface area contributed by atoms with Crippen LogP contribution in [-0.2, 0) is 12.0 Å². The van der Waals surface area contributed by atoms with Crippen molar-refractivity contribution in [2.24, 2.45) is 0 Å². The van der Waals surface area contributed by atoms with Crippen molar-refractivity contribution in [2.45, 2.75) is 44.6 Å². The Morgan fingerprint density at radius 2 is 1.78 bits per heavy atom. The van der Waals surface area contributed by atoms with Gasteiger partial charge in [0.25, 0.3) is 0 Å². The van der Waals surface area contributed by atoms with Crippen LogP contribution in [0.2, 0.25) is 0 Å². The zero-order valence-corrected chi connectivity index (χ0v) is 14.1. The fourth-order valence-electron chi connectivity index (χ4n) is 4.46. The van der Waals surface area contributed by atoms with E-state index in [2.05, 4.69) is 54.3 Å². The molecule has 1 spiro atoms. The van der Waals surface area contributed by atoms with Crippen molar-refractivity contribution in [3.05, 3.63) is 59.2 Å². The largest absolute Gasteiger partial charge is 0.497 e. The van der Waals surface area contributed by atoms with Gasteiger partial charge >= 0.3 is 0 Å². The van der Waals surface area contributed by atoms with Crippen LogP contribution in [0.1, 0.15) is 42.4 Å². The molecule has 1 aliphatic heterocycles. The molecule has 0 atom stereocenters. The molecule has 0 aromatic heterocycles. The predicted molar refractivity (Wildman–Crippen MR) is 95.4 cm³/mol. The van der Waals surface area contributed by atoms with Crippen molar-refractivity contribution in [2.75, 3.05) is 18.6 Å². The van der Waals surface area contributed by atoms with E-state index in [0.29, 0.717) is 5.41 Å². The maximum absolute atomic E-state index is 5.27. The summed E-state index contributed by atoms with van der Waals surface area (Å²) in [7, 11) is 1.72. The van der Waals surface area contributed by atoms with E-state index in [1.165, 1.54) is 49.0 Å². The first kappa shape index (κ1) is 14.6. The fourth-order valence-corrected chi connectivity index (χ4v) is 4.46. The van der Waals surface area contributed by atoms with Gasteiger partial charge in [0.15, 0.2) is 0 Å². The number of methoxy groups -OCH3 is 1. The zero-order valence-electron chi connectivity index (χ0n) is 14.1. The van der Waals surface area contributed by atoms with Crippen molar-refractivity contribution in [1.82, 2.24) is 0 Å². The highest BCUT2D eigenvalue weighted by Crippen LogP contribution is 2.50. The number of fused-ring (bicyclic) bond motifs is 2. The Balaban J connectivity index is 1.65. The maximum Gasteiger partial charge on any atom is 0.118 e. The quantitative estimate of drug-likeness (QED) is 0.805. The van der Waals surface area contributed by atoms with Crippen LogP contribution in [0.5, 0.6) is 5.75 Å². The number of ether oxygens (including phenoxy) is 1. The lowest BCUT2D eigenvalue weighted by atomic mass is 9.80. The van der Waals surface area contributed by atoms with Crippen molar-refractivity contribution < 1.29 is 4.74 Å². The molecule has 0 N–H and O–H groups in total. The Hall–Kier alpha value is -1.96. The van der Waals surface area contributed by atoms with Gasteiger partial charge in [0, 0.05) is 24.2 Å². The Morgan fingerprint density at radius 3 is 2.48 bits per heavy atom. The summed E-state index contributed by atoms with van der Waals surface area (Å²) in [5.41, 5.74) is 6.18. The summed E-state index contributed by atoms with van der Waals surface area (Å²) in [5.74, 6) is 0.929. The first-order valence-corrected chi connectivity index (χ1v) is 8.69. The number of aryl methyl sites for hydroxylation is 1. The maximum atomic E-state index is 5.27. The lowest BCUT2D eigenvalue weighted by molar-refractivity contribution is 0.414. The molecule has 2 aromatic carbocycles. The highest BCUT2D eigenvalue weighted by Gasteiger charge is 2.44. The van der Waals surface area contributed by atoms with Gasteiger partial charge in [0.1, 0.15) is 5.75 Å². The van der Waals surface area contributed by atoms with Crippen LogP contribution in [0.15, 0.2) is 42.5 Å². The standard InChI is InChI=1S/C21H25NO/c1-16-5-10-19-20(13-16)22(15-21(19)11-3-4-12-21)14-17-6-8-18(23-2)9-7-17/h5-10,13H,3-4,11-12,14-15H2,1-2H3. The molecule has 0 amide bonds. The number of nitrogens with zero attached hydrogens (tertiary/aromatic N) is 1. The number of hydrogen-bond donors (Lipinski definition) is 0. The monoisotopic (exact) mass is 307 g/mol. The first-order chi connectivity index (χ1) is 11.2. The fraction of sp³-hybridized carbons (Fsp3) is 0.429. The molecule has 4 rings (SSSR count). The lowest BCUT2D eigenvalue weighted by Gasteiger charge is -2.25. The van der Waals surface area contributed by atoms with E-state index in [4.69, 9.17) is 4.74 Å². The molecule has 1 heterocycles. The second kappa shape index (κ2) is 5.59. The topological polar surface area (TPSA) is 12.5 Å². The van der Waals surface area contributed by atoms with Crippen LogP contribution in [0.4, 0.5) is 5.69 Å². The average molecular weight is 307 g/mol. The molecular formula is C21H25NO. The molecule has 0 unspecified atom stereocenters. The number of benzene rings is 2. The van der Waals surface area contributed by atoms with E-state index in [1.54, 1.807) is 12.7 Å². The van der Waals surface area contributed by atoms with Crippen LogP contribution >= 0.6 is 0 Å². The van der Waals surface area contributed by atoms with Crippen molar-refractivity contribution in [3.8, 4) is 5.75 Å². The molecule has 23 heavy (non-hydrogen) atoms. The van der Waals surface area contributed by atoms with Crippen molar-refractivity contribution in [3.63, 3.8) is 0 Å². The summed E-state index contributed by atoms with van der Waals surface area (Å²) in [6.45, 7) is 4.37. The molecule has 2 aliphatic rings. The third kappa shape index (κ3) is 2.50. The SMILES string of the molecule is COc1ccc(CN2CC3(CCCC3)c3ccc(C)cc32)cc1. The van der Waals surface area contributed by atoms with E-state index in [1.807, 2.05) is 0 Å². The highest BCUT2D eigenvalue weighted by atomic mass is 16.5. The van der Waals surface area contributed by atoms with E-state index in [0.717, 1.165) is 12.3 Å². The Labute approximate surface area is 139 Å². The molecule has 0 saturated heterocycles. The van der Waals surface area contributed by atoms with Gasteiger partial charge in [-0.05, 0) is 54.7 Å². The summed E-state index contributed by atoms with van der Waals surface area (Å²) < 4.78 is 5.27.